The Balaban J connectivity index is 1.84. The maximum atomic E-state index is 13.5. The molecule has 1 unspecified atom stereocenters. The standard InChI is InChI=1S/C15H12Cl2FNO2/c1-8(9-2-3-10(16)12(18)4-9)19-13-6-15-14(5-11(13)17)20-7-21-15/h2-6,8,19H,7H2,1H3. The second kappa shape index (κ2) is 5.62. The number of hydrogen-bond acceptors (Lipinski definition) is 3. The second-order valence-corrected chi connectivity index (χ2v) is 5.54. The summed E-state index contributed by atoms with van der Waals surface area (Å²) in [4.78, 5) is 0. The lowest BCUT2D eigenvalue weighted by Crippen LogP contribution is -2.07. The third kappa shape index (κ3) is 2.87. The fourth-order valence-electron chi connectivity index (χ4n) is 2.13. The van der Waals surface area contributed by atoms with Crippen LogP contribution in [0.3, 0.4) is 0 Å². The highest BCUT2D eigenvalue weighted by atomic mass is 35.5. The monoisotopic (exact) mass is 327 g/mol. The van der Waals surface area contributed by atoms with Crippen molar-refractivity contribution in [3.63, 3.8) is 0 Å². The van der Waals surface area contributed by atoms with Crippen LogP contribution in [0, 0.1) is 5.82 Å². The molecule has 0 aliphatic carbocycles. The van der Waals surface area contributed by atoms with Crippen molar-refractivity contribution in [2.45, 2.75) is 13.0 Å². The lowest BCUT2D eigenvalue weighted by molar-refractivity contribution is 0.174. The second-order valence-electron chi connectivity index (χ2n) is 4.72. The molecule has 1 heterocycles. The molecule has 0 spiro atoms. The minimum Gasteiger partial charge on any atom is -0.454 e. The summed E-state index contributed by atoms with van der Waals surface area (Å²) in [6.45, 7) is 2.09. The minimum atomic E-state index is -0.445. The number of halogens is 3. The molecule has 2 aromatic carbocycles. The number of rotatable bonds is 3. The SMILES string of the molecule is CC(Nc1cc2c(cc1Cl)OCO2)c1ccc(Cl)c(F)c1. The summed E-state index contributed by atoms with van der Waals surface area (Å²) in [5.74, 6) is 0.812. The van der Waals surface area contributed by atoms with Crippen LogP contribution in [0.5, 0.6) is 11.5 Å². The van der Waals surface area contributed by atoms with Gasteiger partial charge in [-0.15, -0.1) is 0 Å². The average molecular weight is 328 g/mol. The van der Waals surface area contributed by atoms with Gasteiger partial charge in [0.2, 0.25) is 6.79 Å². The quantitative estimate of drug-likeness (QED) is 0.857. The number of nitrogens with one attached hydrogen (secondary N) is 1. The van der Waals surface area contributed by atoms with E-state index in [-0.39, 0.29) is 17.9 Å². The summed E-state index contributed by atoms with van der Waals surface area (Å²) >= 11 is 11.9. The average Bonchev–Trinajstić information content (AvgIpc) is 2.89. The van der Waals surface area contributed by atoms with Crippen molar-refractivity contribution < 1.29 is 13.9 Å². The van der Waals surface area contributed by atoms with Crippen molar-refractivity contribution in [2.24, 2.45) is 0 Å². The highest BCUT2D eigenvalue weighted by Crippen LogP contribution is 2.40. The number of fused-ring (bicyclic) bond motifs is 1. The summed E-state index contributed by atoms with van der Waals surface area (Å²) in [7, 11) is 0. The Morgan fingerprint density at radius 3 is 2.52 bits per heavy atom. The van der Waals surface area contributed by atoms with Crippen LogP contribution in [-0.2, 0) is 0 Å². The van der Waals surface area contributed by atoms with Gasteiger partial charge in [0, 0.05) is 18.2 Å². The summed E-state index contributed by atoms with van der Waals surface area (Å²) in [5, 5.41) is 3.84. The first-order chi connectivity index (χ1) is 10.0. The number of ether oxygens (including phenoxy) is 2. The van der Waals surface area contributed by atoms with Crippen LogP contribution in [-0.4, -0.2) is 6.79 Å². The summed E-state index contributed by atoms with van der Waals surface area (Å²) < 4.78 is 24.1. The summed E-state index contributed by atoms with van der Waals surface area (Å²) in [6, 6.07) is 8.03. The van der Waals surface area contributed by atoms with Crippen LogP contribution >= 0.6 is 23.2 Å². The Hall–Kier alpha value is -1.65. The molecular weight excluding hydrogens is 316 g/mol. The van der Waals surface area contributed by atoms with Gasteiger partial charge in [-0.25, -0.2) is 4.39 Å². The third-order valence-electron chi connectivity index (χ3n) is 3.28. The van der Waals surface area contributed by atoms with Gasteiger partial charge < -0.3 is 14.8 Å². The Morgan fingerprint density at radius 1 is 1.10 bits per heavy atom. The zero-order valence-electron chi connectivity index (χ0n) is 11.1. The van der Waals surface area contributed by atoms with E-state index in [0.717, 1.165) is 5.56 Å². The van der Waals surface area contributed by atoms with Crippen LogP contribution in [0.25, 0.3) is 0 Å². The molecule has 1 N–H and O–H groups in total. The van der Waals surface area contributed by atoms with Gasteiger partial charge in [0.15, 0.2) is 11.5 Å². The van der Waals surface area contributed by atoms with E-state index < -0.39 is 5.82 Å². The van der Waals surface area contributed by atoms with E-state index in [1.54, 1.807) is 18.2 Å². The molecule has 110 valence electrons. The van der Waals surface area contributed by atoms with E-state index in [2.05, 4.69) is 5.32 Å². The van der Waals surface area contributed by atoms with E-state index in [1.807, 2.05) is 6.92 Å². The Bertz CT molecular complexity index is 694. The molecule has 2 aromatic rings. The molecule has 1 aliphatic heterocycles. The van der Waals surface area contributed by atoms with Crippen LogP contribution in [0.15, 0.2) is 30.3 Å². The maximum Gasteiger partial charge on any atom is 0.231 e. The largest absolute Gasteiger partial charge is 0.454 e. The molecule has 6 heteroatoms. The van der Waals surface area contributed by atoms with Crippen LogP contribution in [0.2, 0.25) is 10.0 Å². The molecule has 0 radical (unpaired) electrons. The van der Waals surface area contributed by atoms with Crippen molar-refractivity contribution in [2.75, 3.05) is 12.1 Å². The number of benzene rings is 2. The first-order valence-electron chi connectivity index (χ1n) is 6.35. The fraction of sp³-hybridized carbons (Fsp3) is 0.200. The molecule has 0 bridgehead atoms. The highest BCUT2D eigenvalue weighted by molar-refractivity contribution is 6.33. The normalized spacial score (nSPS) is 14.1. The van der Waals surface area contributed by atoms with Crippen molar-refractivity contribution in [3.8, 4) is 11.5 Å². The van der Waals surface area contributed by atoms with Crippen LogP contribution in [0.4, 0.5) is 10.1 Å². The Labute approximate surface area is 131 Å². The minimum absolute atomic E-state index is 0.104. The van der Waals surface area contributed by atoms with Crippen molar-refractivity contribution in [1.29, 1.82) is 0 Å². The van der Waals surface area contributed by atoms with Gasteiger partial charge in [0.1, 0.15) is 5.82 Å². The molecular formula is C15H12Cl2FNO2. The zero-order valence-corrected chi connectivity index (χ0v) is 12.6. The number of hydrogen-bond donors (Lipinski definition) is 1. The topological polar surface area (TPSA) is 30.5 Å². The Morgan fingerprint density at radius 2 is 1.81 bits per heavy atom. The first kappa shape index (κ1) is 14.3. The van der Waals surface area contributed by atoms with Crippen molar-refractivity contribution >= 4 is 28.9 Å². The molecule has 0 aromatic heterocycles. The molecule has 1 aliphatic rings. The zero-order chi connectivity index (χ0) is 15.0. The predicted octanol–water partition coefficient (Wildman–Crippen LogP) is 5.03. The lowest BCUT2D eigenvalue weighted by atomic mass is 10.1. The van der Waals surface area contributed by atoms with Gasteiger partial charge in [-0.1, -0.05) is 29.3 Å². The van der Waals surface area contributed by atoms with E-state index in [0.29, 0.717) is 22.2 Å². The summed E-state index contributed by atoms with van der Waals surface area (Å²) in [5.41, 5.74) is 1.47. The van der Waals surface area contributed by atoms with Crippen LogP contribution < -0.4 is 14.8 Å². The molecule has 0 saturated carbocycles. The van der Waals surface area contributed by atoms with E-state index in [1.165, 1.54) is 12.1 Å². The van der Waals surface area contributed by atoms with Crippen LogP contribution in [0.1, 0.15) is 18.5 Å². The van der Waals surface area contributed by atoms with Crippen molar-refractivity contribution in [1.82, 2.24) is 0 Å². The Kier molecular flexibility index (Phi) is 3.83. The fourth-order valence-corrected chi connectivity index (χ4v) is 2.45. The molecule has 1 atom stereocenters. The van der Waals surface area contributed by atoms with Gasteiger partial charge in [0.05, 0.1) is 15.7 Å². The smallest absolute Gasteiger partial charge is 0.231 e. The molecule has 3 nitrogen and oxygen atoms in total. The molecule has 0 saturated heterocycles. The molecule has 0 fully saturated rings. The van der Waals surface area contributed by atoms with Gasteiger partial charge in [-0.3, -0.25) is 0 Å². The third-order valence-corrected chi connectivity index (χ3v) is 3.90. The molecule has 0 amide bonds. The van der Waals surface area contributed by atoms with E-state index in [9.17, 15) is 4.39 Å². The van der Waals surface area contributed by atoms with E-state index in [4.69, 9.17) is 32.7 Å². The first-order valence-corrected chi connectivity index (χ1v) is 7.11. The van der Waals surface area contributed by atoms with E-state index >= 15 is 0 Å². The molecule has 21 heavy (non-hydrogen) atoms. The lowest BCUT2D eigenvalue weighted by Gasteiger charge is -2.17. The van der Waals surface area contributed by atoms with Gasteiger partial charge >= 0.3 is 0 Å². The summed E-state index contributed by atoms with van der Waals surface area (Å²) in [6.07, 6.45) is 0. The van der Waals surface area contributed by atoms with Gasteiger partial charge in [0.25, 0.3) is 0 Å². The van der Waals surface area contributed by atoms with Gasteiger partial charge in [-0.2, -0.15) is 0 Å². The maximum absolute atomic E-state index is 13.5. The van der Waals surface area contributed by atoms with Gasteiger partial charge in [-0.05, 0) is 24.6 Å². The highest BCUT2D eigenvalue weighted by Gasteiger charge is 2.18. The van der Waals surface area contributed by atoms with Crippen molar-refractivity contribution in [3.05, 3.63) is 51.8 Å². The molecule has 3 rings (SSSR count). The number of anilines is 1. The predicted molar refractivity (Wildman–Crippen MR) is 81.0 cm³/mol.